The van der Waals surface area contributed by atoms with Crippen molar-refractivity contribution in [2.75, 3.05) is 26.9 Å². The van der Waals surface area contributed by atoms with Gasteiger partial charge in [0.25, 0.3) is 0 Å². The van der Waals surface area contributed by atoms with E-state index in [0.29, 0.717) is 32.7 Å². The smallest absolute Gasteiger partial charge is 0.329 e. The van der Waals surface area contributed by atoms with Crippen LogP contribution in [0.5, 0.6) is 0 Å². The molecular weight excluding hydrogens is 238 g/mol. The first kappa shape index (κ1) is 16.9. The van der Waals surface area contributed by atoms with Crippen LogP contribution in [0.15, 0.2) is 0 Å². The lowest BCUT2D eigenvalue weighted by molar-refractivity contribution is -0.147. The van der Waals surface area contributed by atoms with Crippen molar-refractivity contribution < 1.29 is 24.2 Å². The van der Waals surface area contributed by atoms with Crippen molar-refractivity contribution in [3.05, 3.63) is 0 Å². The lowest BCUT2D eigenvalue weighted by atomic mass is 9.99. The molecule has 1 atom stereocenters. The molecule has 0 bridgehead atoms. The maximum atomic E-state index is 11.6. The van der Waals surface area contributed by atoms with E-state index in [1.165, 1.54) is 6.92 Å². The number of carbonyl (C=O) groups is 2. The minimum atomic E-state index is -1.19. The molecule has 0 saturated heterocycles. The lowest BCUT2D eigenvalue weighted by Crippen LogP contribution is -2.51. The quantitative estimate of drug-likeness (QED) is 0.568. The van der Waals surface area contributed by atoms with Crippen LogP contribution in [0.25, 0.3) is 0 Å². The van der Waals surface area contributed by atoms with Gasteiger partial charge in [-0.25, -0.2) is 4.79 Å². The Bertz CT molecular complexity index is 269. The van der Waals surface area contributed by atoms with Gasteiger partial charge < -0.3 is 19.9 Å². The van der Waals surface area contributed by atoms with Gasteiger partial charge in [-0.1, -0.05) is 6.92 Å². The third-order valence-corrected chi connectivity index (χ3v) is 2.72. The summed E-state index contributed by atoms with van der Waals surface area (Å²) in [5.74, 6) is -1.29. The van der Waals surface area contributed by atoms with Crippen molar-refractivity contribution in [1.82, 2.24) is 5.32 Å². The van der Waals surface area contributed by atoms with Crippen molar-refractivity contribution in [3.8, 4) is 0 Å². The van der Waals surface area contributed by atoms with Gasteiger partial charge in [-0.3, -0.25) is 4.79 Å². The zero-order chi connectivity index (χ0) is 14.0. The van der Waals surface area contributed by atoms with Crippen LogP contribution in [0.1, 0.15) is 33.1 Å². The van der Waals surface area contributed by atoms with Crippen LogP contribution < -0.4 is 5.32 Å². The van der Waals surface area contributed by atoms with E-state index in [4.69, 9.17) is 14.6 Å². The summed E-state index contributed by atoms with van der Waals surface area (Å²) in [7, 11) is 1.59. The minimum Gasteiger partial charge on any atom is -0.480 e. The van der Waals surface area contributed by atoms with Crippen molar-refractivity contribution in [3.63, 3.8) is 0 Å². The maximum Gasteiger partial charge on any atom is 0.329 e. The average molecular weight is 261 g/mol. The fourth-order valence-corrected chi connectivity index (χ4v) is 1.24. The molecule has 0 rings (SSSR count). The summed E-state index contributed by atoms with van der Waals surface area (Å²) in [4.78, 5) is 22.5. The predicted octanol–water partition coefficient (Wildman–Crippen LogP) is 0.799. The van der Waals surface area contributed by atoms with E-state index in [2.05, 4.69) is 5.32 Å². The highest BCUT2D eigenvalue weighted by atomic mass is 16.5. The molecule has 1 amide bonds. The predicted molar refractivity (Wildman–Crippen MR) is 66.4 cm³/mol. The summed E-state index contributed by atoms with van der Waals surface area (Å²) in [5.41, 5.74) is -1.19. The molecule has 106 valence electrons. The Labute approximate surface area is 108 Å². The van der Waals surface area contributed by atoms with Crippen molar-refractivity contribution >= 4 is 11.9 Å². The molecule has 6 heteroatoms. The van der Waals surface area contributed by atoms with Gasteiger partial charge in [0.1, 0.15) is 5.54 Å². The first-order chi connectivity index (χ1) is 8.46. The molecule has 0 unspecified atom stereocenters. The highest BCUT2D eigenvalue weighted by Crippen LogP contribution is 2.09. The number of rotatable bonds is 10. The Hall–Kier alpha value is -1.14. The monoisotopic (exact) mass is 261 g/mol. The topological polar surface area (TPSA) is 84.9 Å². The molecule has 0 saturated carbocycles. The highest BCUT2D eigenvalue weighted by Gasteiger charge is 2.32. The maximum absolute atomic E-state index is 11.6. The molecule has 0 aliphatic carbocycles. The Balaban J connectivity index is 3.80. The molecule has 0 aliphatic rings. The number of hydrogen-bond donors (Lipinski definition) is 2. The second-order valence-electron chi connectivity index (χ2n) is 4.25. The summed E-state index contributed by atoms with van der Waals surface area (Å²) in [6.07, 6.45) is 1.17. The number of carboxylic acids is 1. The van der Waals surface area contributed by atoms with Crippen LogP contribution >= 0.6 is 0 Å². The van der Waals surface area contributed by atoms with Gasteiger partial charge >= 0.3 is 5.97 Å². The summed E-state index contributed by atoms with van der Waals surface area (Å²) in [6.45, 7) is 4.72. The molecule has 0 radical (unpaired) electrons. The Morgan fingerprint density at radius 2 is 1.94 bits per heavy atom. The third kappa shape index (κ3) is 6.56. The Morgan fingerprint density at radius 1 is 1.28 bits per heavy atom. The molecule has 0 aromatic carbocycles. The lowest BCUT2D eigenvalue weighted by Gasteiger charge is -2.24. The van der Waals surface area contributed by atoms with Gasteiger partial charge in [-0.2, -0.15) is 0 Å². The molecule has 2 N–H and O–H groups in total. The van der Waals surface area contributed by atoms with Gasteiger partial charge in [-0.15, -0.1) is 0 Å². The number of carbonyl (C=O) groups excluding carboxylic acids is 1. The number of aliphatic carboxylic acids is 1. The second kappa shape index (κ2) is 8.88. The Kier molecular flexibility index (Phi) is 8.32. The van der Waals surface area contributed by atoms with E-state index in [1.807, 2.05) is 0 Å². The second-order valence-corrected chi connectivity index (χ2v) is 4.25. The van der Waals surface area contributed by atoms with E-state index in [1.54, 1.807) is 14.0 Å². The van der Waals surface area contributed by atoms with Crippen LogP contribution in [0.4, 0.5) is 0 Å². The fraction of sp³-hybridized carbons (Fsp3) is 0.833. The van der Waals surface area contributed by atoms with Gasteiger partial charge in [0.2, 0.25) is 5.91 Å². The van der Waals surface area contributed by atoms with Crippen LogP contribution in [0.2, 0.25) is 0 Å². The van der Waals surface area contributed by atoms with Crippen LogP contribution in [-0.4, -0.2) is 49.5 Å². The van der Waals surface area contributed by atoms with Gasteiger partial charge in [0, 0.05) is 20.1 Å². The molecule has 0 heterocycles. The van der Waals surface area contributed by atoms with Crippen molar-refractivity contribution in [2.45, 2.75) is 38.6 Å². The standard InChI is InChI=1S/C12H23NO5/c1-4-12(2,11(15)16)13-10(14)6-5-7-18-9-8-17-3/h4-9H2,1-3H3,(H,13,14)(H,15,16)/t12-/m1/s1. The van der Waals surface area contributed by atoms with Crippen molar-refractivity contribution in [1.29, 1.82) is 0 Å². The summed E-state index contributed by atoms with van der Waals surface area (Å²) in [6, 6.07) is 0. The summed E-state index contributed by atoms with van der Waals surface area (Å²) >= 11 is 0. The van der Waals surface area contributed by atoms with E-state index in [0.717, 1.165) is 0 Å². The number of ether oxygens (including phenoxy) is 2. The number of nitrogens with one attached hydrogen (secondary N) is 1. The average Bonchev–Trinajstić information content (AvgIpc) is 2.33. The third-order valence-electron chi connectivity index (χ3n) is 2.72. The molecule has 0 aromatic heterocycles. The number of hydrogen-bond acceptors (Lipinski definition) is 4. The highest BCUT2D eigenvalue weighted by molar-refractivity contribution is 5.86. The molecule has 6 nitrogen and oxygen atoms in total. The summed E-state index contributed by atoms with van der Waals surface area (Å²) < 4.78 is 10.0. The van der Waals surface area contributed by atoms with Crippen LogP contribution in [0, 0.1) is 0 Å². The van der Waals surface area contributed by atoms with E-state index >= 15 is 0 Å². The first-order valence-corrected chi connectivity index (χ1v) is 6.07. The molecule has 0 aromatic rings. The van der Waals surface area contributed by atoms with Crippen LogP contribution in [-0.2, 0) is 19.1 Å². The molecule has 0 fully saturated rings. The van der Waals surface area contributed by atoms with Crippen molar-refractivity contribution in [2.24, 2.45) is 0 Å². The van der Waals surface area contributed by atoms with Gasteiger partial charge in [0.05, 0.1) is 13.2 Å². The molecule has 0 spiro atoms. The van der Waals surface area contributed by atoms with Gasteiger partial charge in [-0.05, 0) is 19.8 Å². The normalized spacial score (nSPS) is 13.9. The fourth-order valence-electron chi connectivity index (χ4n) is 1.24. The molecular formula is C12H23NO5. The largest absolute Gasteiger partial charge is 0.480 e. The van der Waals surface area contributed by atoms with E-state index in [-0.39, 0.29) is 12.3 Å². The van der Waals surface area contributed by atoms with Gasteiger partial charge in [0.15, 0.2) is 0 Å². The molecule has 18 heavy (non-hydrogen) atoms. The number of methoxy groups -OCH3 is 1. The molecule has 0 aliphatic heterocycles. The Morgan fingerprint density at radius 3 is 2.44 bits per heavy atom. The minimum absolute atomic E-state index is 0.260. The van der Waals surface area contributed by atoms with Crippen LogP contribution in [0.3, 0.4) is 0 Å². The number of amides is 1. The summed E-state index contributed by atoms with van der Waals surface area (Å²) in [5, 5.41) is 11.5. The van der Waals surface area contributed by atoms with E-state index in [9.17, 15) is 9.59 Å². The zero-order valence-electron chi connectivity index (χ0n) is 11.3. The number of carboxylic acid groups (broad SMARTS) is 1. The van der Waals surface area contributed by atoms with E-state index < -0.39 is 11.5 Å². The SMILES string of the molecule is CC[C@@](C)(NC(=O)CCCOCCOC)C(=O)O. The first-order valence-electron chi connectivity index (χ1n) is 6.07. The zero-order valence-corrected chi connectivity index (χ0v) is 11.3.